The van der Waals surface area contributed by atoms with E-state index >= 15 is 0 Å². The Morgan fingerprint density at radius 2 is 2.04 bits per heavy atom. The van der Waals surface area contributed by atoms with Gasteiger partial charge >= 0.3 is 0 Å². The van der Waals surface area contributed by atoms with Gasteiger partial charge in [0.15, 0.2) is 10.9 Å². The monoisotopic (exact) mass is 366 g/mol. The molecule has 0 fully saturated rings. The number of hydrazine groups is 1. The van der Waals surface area contributed by atoms with E-state index in [4.69, 9.17) is 16.6 Å². The summed E-state index contributed by atoms with van der Waals surface area (Å²) in [6.07, 6.45) is 1.57. The number of rotatable bonds is 4. The van der Waals surface area contributed by atoms with Crippen LogP contribution < -0.4 is 16.2 Å². The predicted octanol–water partition coefficient (Wildman–Crippen LogP) is 3.18. The first-order valence-corrected chi connectivity index (χ1v) is 8.37. The molecular formula is C19H18N4O2S. The van der Waals surface area contributed by atoms with Gasteiger partial charge in [-0.1, -0.05) is 30.4 Å². The fourth-order valence-corrected chi connectivity index (χ4v) is 2.49. The van der Waals surface area contributed by atoms with Crippen LogP contribution in [-0.2, 0) is 0 Å². The number of aromatic nitrogens is 1. The summed E-state index contributed by atoms with van der Waals surface area (Å²) >= 11 is 5.12. The third-order valence-corrected chi connectivity index (χ3v) is 3.82. The van der Waals surface area contributed by atoms with Gasteiger partial charge in [0.25, 0.3) is 5.91 Å². The van der Waals surface area contributed by atoms with Crippen molar-refractivity contribution >= 4 is 34.1 Å². The number of benzene rings is 1. The van der Waals surface area contributed by atoms with Crippen LogP contribution >= 0.6 is 12.2 Å². The van der Waals surface area contributed by atoms with Crippen LogP contribution in [0.25, 0.3) is 22.4 Å². The van der Waals surface area contributed by atoms with Gasteiger partial charge in [-0.25, -0.2) is 4.98 Å². The summed E-state index contributed by atoms with van der Waals surface area (Å²) in [6, 6.07) is 12.7. The maximum absolute atomic E-state index is 12.7. The van der Waals surface area contributed by atoms with E-state index in [1.165, 1.54) is 0 Å². The fourth-order valence-electron chi connectivity index (χ4n) is 2.37. The number of amides is 1. The van der Waals surface area contributed by atoms with E-state index in [1.807, 2.05) is 31.2 Å². The highest BCUT2D eigenvalue weighted by Gasteiger charge is 2.15. The van der Waals surface area contributed by atoms with Gasteiger partial charge in [-0.15, -0.1) is 0 Å². The van der Waals surface area contributed by atoms with Crippen LogP contribution in [0, 0.1) is 0 Å². The molecule has 0 aliphatic carbocycles. The van der Waals surface area contributed by atoms with Crippen molar-refractivity contribution in [2.75, 3.05) is 6.54 Å². The number of furan rings is 1. The summed E-state index contributed by atoms with van der Waals surface area (Å²) in [6.45, 7) is 6.20. The Morgan fingerprint density at radius 3 is 2.77 bits per heavy atom. The number of nitrogens with zero attached hydrogens (tertiary/aromatic N) is 1. The summed E-state index contributed by atoms with van der Waals surface area (Å²) in [5.74, 6) is 0.271. The topological polar surface area (TPSA) is 79.2 Å². The van der Waals surface area contributed by atoms with E-state index < -0.39 is 0 Å². The van der Waals surface area contributed by atoms with Crippen LogP contribution in [0.4, 0.5) is 0 Å². The van der Waals surface area contributed by atoms with Crippen molar-refractivity contribution in [1.29, 1.82) is 0 Å². The molecule has 3 aromatic rings. The standard InChI is InChI=1S/C19H18N4O2S/c1-12(2)11-20-19(26)23-22-18(24)14-10-16(17-8-5-9-25-17)21-15-7-4-3-6-13(14)15/h3-10H,1,11H2,2H3,(H,22,24)(H2,20,23,26). The van der Waals surface area contributed by atoms with Gasteiger partial charge in [0.2, 0.25) is 0 Å². The summed E-state index contributed by atoms with van der Waals surface area (Å²) in [5.41, 5.74) is 7.99. The number of thiocarbonyl (C=S) groups is 1. The first-order chi connectivity index (χ1) is 12.5. The molecule has 0 atom stereocenters. The van der Waals surface area contributed by atoms with Gasteiger partial charge in [-0.05, 0) is 43.4 Å². The average Bonchev–Trinajstić information content (AvgIpc) is 3.18. The Bertz CT molecular complexity index is 967. The van der Waals surface area contributed by atoms with Crippen LogP contribution in [0.3, 0.4) is 0 Å². The van der Waals surface area contributed by atoms with Crippen molar-refractivity contribution in [3.63, 3.8) is 0 Å². The molecule has 2 heterocycles. The van der Waals surface area contributed by atoms with E-state index in [2.05, 4.69) is 27.7 Å². The SMILES string of the molecule is C=C(C)CNC(=S)NNC(=O)c1cc(-c2ccco2)nc2ccccc12. The zero-order chi connectivity index (χ0) is 18.5. The highest BCUT2D eigenvalue weighted by molar-refractivity contribution is 7.80. The van der Waals surface area contributed by atoms with Crippen molar-refractivity contribution in [2.24, 2.45) is 0 Å². The van der Waals surface area contributed by atoms with Crippen molar-refractivity contribution in [1.82, 2.24) is 21.2 Å². The normalized spacial score (nSPS) is 10.3. The number of carbonyl (C=O) groups excluding carboxylic acids is 1. The molecule has 0 saturated heterocycles. The number of pyridine rings is 1. The van der Waals surface area contributed by atoms with Crippen molar-refractivity contribution in [2.45, 2.75) is 6.92 Å². The van der Waals surface area contributed by atoms with Crippen molar-refractivity contribution in [3.8, 4) is 11.5 Å². The van der Waals surface area contributed by atoms with E-state index in [0.717, 1.165) is 11.0 Å². The molecule has 0 aliphatic rings. The van der Waals surface area contributed by atoms with Gasteiger partial charge < -0.3 is 9.73 Å². The van der Waals surface area contributed by atoms with E-state index in [1.54, 1.807) is 24.5 Å². The second-order valence-electron chi connectivity index (χ2n) is 5.77. The Labute approximate surface area is 156 Å². The molecule has 0 bridgehead atoms. The summed E-state index contributed by atoms with van der Waals surface area (Å²) in [4.78, 5) is 17.2. The molecule has 0 saturated carbocycles. The number of hydrogen-bond donors (Lipinski definition) is 3. The number of para-hydroxylation sites is 1. The lowest BCUT2D eigenvalue weighted by molar-refractivity contribution is 0.0945. The summed E-state index contributed by atoms with van der Waals surface area (Å²) in [5, 5.41) is 3.99. The van der Waals surface area contributed by atoms with Crippen LogP contribution in [0.5, 0.6) is 0 Å². The second kappa shape index (κ2) is 7.79. The Hall–Kier alpha value is -3.19. The number of nitrogens with one attached hydrogen (secondary N) is 3. The number of carbonyl (C=O) groups is 1. The molecule has 0 aliphatic heterocycles. The quantitative estimate of drug-likeness (QED) is 0.374. The van der Waals surface area contributed by atoms with Crippen molar-refractivity contribution in [3.05, 3.63) is 66.4 Å². The van der Waals surface area contributed by atoms with Gasteiger partial charge in [-0.3, -0.25) is 15.6 Å². The maximum Gasteiger partial charge on any atom is 0.270 e. The molecule has 7 heteroatoms. The Kier molecular flexibility index (Phi) is 5.28. The largest absolute Gasteiger partial charge is 0.463 e. The van der Waals surface area contributed by atoms with Crippen LogP contribution in [0.15, 0.2) is 65.3 Å². The first kappa shape index (κ1) is 17.6. The van der Waals surface area contributed by atoms with Gasteiger partial charge in [-0.2, -0.15) is 0 Å². The zero-order valence-corrected chi connectivity index (χ0v) is 15.0. The minimum atomic E-state index is -0.323. The molecule has 0 radical (unpaired) electrons. The fraction of sp³-hybridized carbons (Fsp3) is 0.105. The zero-order valence-electron chi connectivity index (χ0n) is 14.2. The average molecular weight is 366 g/mol. The minimum absolute atomic E-state index is 0.311. The van der Waals surface area contributed by atoms with Crippen LogP contribution in [-0.4, -0.2) is 22.5 Å². The molecule has 132 valence electrons. The molecule has 1 amide bonds. The molecule has 3 N–H and O–H groups in total. The molecule has 3 rings (SSSR count). The highest BCUT2D eigenvalue weighted by atomic mass is 32.1. The molecule has 0 unspecified atom stereocenters. The lowest BCUT2D eigenvalue weighted by Crippen LogP contribution is -2.47. The Balaban J connectivity index is 1.85. The summed E-state index contributed by atoms with van der Waals surface area (Å²) < 4.78 is 5.41. The maximum atomic E-state index is 12.7. The summed E-state index contributed by atoms with van der Waals surface area (Å²) in [7, 11) is 0. The number of fused-ring (bicyclic) bond motifs is 1. The molecule has 1 aromatic carbocycles. The lowest BCUT2D eigenvalue weighted by Gasteiger charge is -2.13. The molecule has 6 nitrogen and oxygen atoms in total. The Morgan fingerprint density at radius 1 is 1.23 bits per heavy atom. The number of hydrogen-bond acceptors (Lipinski definition) is 4. The van der Waals surface area contributed by atoms with Crippen LogP contribution in [0.1, 0.15) is 17.3 Å². The van der Waals surface area contributed by atoms with Gasteiger partial charge in [0, 0.05) is 11.9 Å². The second-order valence-corrected chi connectivity index (χ2v) is 6.18. The minimum Gasteiger partial charge on any atom is -0.463 e. The van der Waals surface area contributed by atoms with E-state index in [9.17, 15) is 4.79 Å². The molecular weight excluding hydrogens is 348 g/mol. The first-order valence-electron chi connectivity index (χ1n) is 7.97. The third-order valence-electron chi connectivity index (χ3n) is 3.57. The van der Waals surface area contributed by atoms with Gasteiger partial charge in [0.05, 0.1) is 17.3 Å². The van der Waals surface area contributed by atoms with Crippen molar-refractivity contribution < 1.29 is 9.21 Å². The van der Waals surface area contributed by atoms with E-state index in [-0.39, 0.29) is 5.91 Å². The lowest BCUT2D eigenvalue weighted by atomic mass is 10.1. The molecule has 26 heavy (non-hydrogen) atoms. The van der Waals surface area contributed by atoms with Gasteiger partial charge in [0.1, 0.15) is 5.69 Å². The third kappa shape index (κ3) is 4.07. The molecule has 0 spiro atoms. The smallest absolute Gasteiger partial charge is 0.270 e. The van der Waals surface area contributed by atoms with E-state index in [0.29, 0.717) is 34.2 Å². The van der Waals surface area contributed by atoms with Crippen LogP contribution in [0.2, 0.25) is 0 Å². The highest BCUT2D eigenvalue weighted by Crippen LogP contribution is 2.25. The molecule has 2 aromatic heterocycles. The predicted molar refractivity (Wildman–Crippen MR) is 105 cm³/mol.